The maximum absolute atomic E-state index is 13.3. The van der Waals surface area contributed by atoms with Crippen LogP contribution in [-0.2, 0) is 14.3 Å². The van der Waals surface area contributed by atoms with Crippen molar-refractivity contribution in [3.8, 4) is 0 Å². The summed E-state index contributed by atoms with van der Waals surface area (Å²) in [5.74, 6) is -2.44. The number of ketones is 1. The number of amides is 1. The second-order valence-electron chi connectivity index (χ2n) is 7.94. The molecule has 1 aliphatic rings. The molecule has 1 atom stereocenters. The van der Waals surface area contributed by atoms with Crippen LogP contribution < -0.4 is 4.90 Å². The molecule has 7 nitrogen and oxygen atoms in total. The number of ether oxygens (including phenoxy) is 1. The van der Waals surface area contributed by atoms with Gasteiger partial charge in [0.15, 0.2) is 5.13 Å². The summed E-state index contributed by atoms with van der Waals surface area (Å²) < 4.78 is 5.80. The number of aryl methyl sites for hydroxylation is 3. The van der Waals surface area contributed by atoms with Crippen LogP contribution in [0.4, 0.5) is 5.13 Å². The van der Waals surface area contributed by atoms with Crippen LogP contribution in [0.15, 0.2) is 48.0 Å². The topological polar surface area (TPSA) is 96.8 Å². The molecule has 2 heterocycles. The fourth-order valence-electron chi connectivity index (χ4n) is 3.89. The van der Waals surface area contributed by atoms with E-state index in [1.54, 1.807) is 13.0 Å². The highest BCUT2D eigenvalue weighted by Gasteiger charge is 2.48. The van der Waals surface area contributed by atoms with Gasteiger partial charge in [-0.3, -0.25) is 14.5 Å². The Morgan fingerprint density at radius 1 is 1.12 bits per heavy atom. The summed E-state index contributed by atoms with van der Waals surface area (Å²) in [6, 6.07) is 12.0. The van der Waals surface area contributed by atoms with Crippen molar-refractivity contribution in [2.45, 2.75) is 26.8 Å². The lowest BCUT2D eigenvalue weighted by Crippen LogP contribution is -2.29. The lowest BCUT2D eigenvalue weighted by atomic mass is 9.93. The van der Waals surface area contributed by atoms with Gasteiger partial charge in [0.1, 0.15) is 10.6 Å². The van der Waals surface area contributed by atoms with E-state index in [1.807, 2.05) is 50.2 Å². The summed E-state index contributed by atoms with van der Waals surface area (Å²) in [6.45, 7) is 5.36. The number of benzene rings is 2. The first kappa shape index (κ1) is 24.1. The summed E-state index contributed by atoms with van der Waals surface area (Å²) in [6.07, 6.45) is 0. The number of anilines is 1. The highest BCUT2D eigenvalue weighted by molar-refractivity contribution is 14.1. The summed E-state index contributed by atoms with van der Waals surface area (Å²) in [4.78, 5) is 44.7. The molecule has 1 unspecified atom stereocenters. The van der Waals surface area contributed by atoms with Gasteiger partial charge in [-0.15, -0.1) is 0 Å². The fourth-order valence-corrected chi connectivity index (χ4v) is 5.27. The third-order valence-corrected chi connectivity index (χ3v) is 7.50. The highest BCUT2D eigenvalue weighted by Crippen LogP contribution is 2.44. The molecule has 1 N–H and O–H groups in total. The van der Waals surface area contributed by atoms with E-state index in [1.165, 1.54) is 12.0 Å². The van der Waals surface area contributed by atoms with Crippen molar-refractivity contribution in [3.63, 3.8) is 0 Å². The normalized spacial score (nSPS) is 17.3. The number of esters is 1. The van der Waals surface area contributed by atoms with Crippen LogP contribution in [0.1, 0.15) is 43.7 Å². The number of aromatic nitrogens is 1. The Hall–Kier alpha value is -3.05. The van der Waals surface area contributed by atoms with E-state index in [-0.39, 0.29) is 21.3 Å². The molecule has 0 saturated carbocycles. The van der Waals surface area contributed by atoms with E-state index in [4.69, 9.17) is 4.74 Å². The molecule has 0 bridgehead atoms. The number of carbonyl (C=O) groups is 3. The monoisotopic (exact) mass is 588 g/mol. The Labute approximate surface area is 214 Å². The molecular weight excluding hydrogens is 567 g/mol. The molecule has 1 amide bonds. The van der Waals surface area contributed by atoms with Gasteiger partial charge in [-0.1, -0.05) is 41.2 Å². The lowest BCUT2D eigenvalue weighted by Gasteiger charge is -2.23. The number of methoxy groups -OCH3 is 1. The highest BCUT2D eigenvalue weighted by atomic mass is 127. The lowest BCUT2D eigenvalue weighted by molar-refractivity contribution is -0.132. The zero-order valence-corrected chi connectivity index (χ0v) is 21.9. The number of halogens is 1. The van der Waals surface area contributed by atoms with Crippen molar-refractivity contribution in [1.29, 1.82) is 0 Å². The minimum atomic E-state index is -0.909. The molecule has 1 fully saturated rings. The fraction of sp³-hybridized carbons (Fsp3) is 0.200. The molecule has 9 heteroatoms. The first-order valence-electron chi connectivity index (χ1n) is 10.3. The molecule has 2 aromatic carbocycles. The minimum Gasteiger partial charge on any atom is -0.507 e. The van der Waals surface area contributed by atoms with E-state index in [0.717, 1.165) is 26.0 Å². The van der Waals surface area contributed by atoms with Gasteiger partial charge in [0.2, 0.25) is 0 Å². The van der Waals surface area contributed by atoms with Crippen LogP contribution in [0.5, 0.6) is 0 Å². The van der Waals surface area contributed by atoms with Crippen molar-refractivity contribution in [2.75, 3.05) is 12.0 Å². The number of aliphatic hydroxyl groups is 1. The molecule has 0 aliphatic carbocycles. The van der Waals surface area contributed by atoms with E-state index in [2.05, 4.69) is 27.6 Å². The number of thiazole rings is 1. The van der Waals surface area contributed by atoms with Crippen molar-refractivity contribution in [1.82, 2.24) is 4.98 Å². The number of Topliss-reactive ketones (excluding diaryl/α,β-unsaturated/α-hetero) is 1. The Morgan fingerprint density at radius 3 is 2.44 bits per heavy atom. The Balaban J connectivity index is 1.97. The van der Waals surface area contributed by atoms with Crippen LogP contribution in [0.3, 0.4) is 0 Å². The number of hydrogen-bond acceptors (Lipinski definition) is 7. The third kappa shape index (κ3) is 4.14. The Bertz CT molecular complexity index is 1360. The van der Waals surface area contributed by atoms with E-state index in [0.29, 0.717) is 16.8 Å². The Morgan fingerprint density at radius 2 is 1.79 bits per heavy atom. The number of hydrogen-bond donors (Lipinski definition) is 1. The van der Waals surface area contributed by atoms with E-state index in [9.17, 15) is 19.5 Å². The molecular formula is C25H21IN2O5S. The average Bonchev–Trinajstić information content (AvgIpc) is 3.32. The van der Waals surface area contributed by atoms with Gasteiger partial charge in [0.25, 0.3) is 5.78 Å². The van der Waals surface area contributed by atoms with Crippen molar-refractivity contribution < 1.29 is 24.2 Å². The SMILES string of the molecule is COC(=O)c1sc(N2C(=O)C(=O)C(=C(O)c3cc(C)ccc3C)C2c2ccc(I)cc2)nc1C. The maximum Gasteiger partial charge on any atom is 0.350 e. The molecule has 174 valence electrons. The molecule has 34 heavy (non-hydrogen) atoms. The van der Waals surface area contributed by atoms with Gasteiger partial charge < -0.3 is 9.84 Å². The molecule has 0 radical (unpaired) electrons. The summed E-state index contributed by atoms with van der Waals surface area (Å²) in [5, 5.41) is 11.5. The number of nitrogens with zero attached hydrogens (tertiary/aromatic N) is 2. The molecule has 0 spiro atoms. The van der Waals surface area contributed by atoms with Gasteiger partial charge >= 0.3 is 11.9 Å². The quantitative estimate of drug-likeness (QED) is 0.150. The second kappa shape index (κ2) is 9.30. The van der Waals surface area contributed by atoms with Crippen LogP contribution >= 0.6 is 33.9 Å². The average molecular weight is 588 g/mol. The summed E-state index contributed by atoms with van der Waals surface area (Å²) in [5.41, 5.74) is 3.18. The number of rotatable bonds is 4. The van der Waals surface area contributed by atoms with E-state index < -0.39 is 23.7 Å². The summed E-state index contributed by atoms with van der Waals surface area (Å²) >= 11 is 3.14. The number of carbonyl (C=O) groups excluding carboxylic acids is 3. The van der Waals surface area contributed by atoms with E-state index >= 15 is 0 Å². The smallest absolute Gasteiger partial charge is 0.350 e. The molecule has 1 saturated heterocycles. The van der Waals surface area contributed by atoms with Gasteiger partial charge in [0.05, 0.1) is 24.4 Å². The molecule has 3 aromatic rings. The predicted molar refractivity (Wildman–Crippen MR) is 138 cm³/mol. The van der Waals surface area contributed by atoms with Crippen molar-refractivity contribution in [3.05, 3.63) is 84.4 Å². The van der Waals surface area contributed by atoms with Crippen LogP contribution in [0.25, 0.3) is 5.76 Å². The second-order valence-corrected chi connectivity index (χ2v) is 10.2. The zero-order valence-electron chi connectivity index (χ0n) is 18.9. The van der Waals surface area contributed by atoms with Crippen molar-refractivity contribution in [2.24, 2.45) is 0 Å². The Kier molecular flexibility index (Phi) is 6.59. The first-order valence-corrected chi connectivity index (χ1v) is 12.2. The molecule has 1 aromatic heterocycles. The minimum absolute atomic E-state index is 0.0209. The van der Waals surface area contributed by atoms with Gasteiger partial charge in [-0.25, -0.2) is 9.78 Å². The third-order valence-electron chi connectivity index (χ3n) is 5.64. The van der Waals surface area contributed by atoms with Crippen LogP contribution in [-0.4, -0.2) is 34.9 Å². The summed E-state index contributed by atoms with van der Waals surface area (Å²) in [7, 11) is 1.27. The van der Waals surface area contributed by atoms with Crippen LogP contribution in [0.2, 0.25) is 0 Å². The number of aliphatic hydroxyl groups excluding tert-OH is 1. The zero-order chi connectivity index (χ0) is 24.7. The van der Waals surface area contributed by atoms with Crippen molar-refractivity contribution >= 4 is 62.5 Å². The first-order chi connectivity index (χ1) is 16.1. The predicted octanol–water partition coefficient (Wildman–Crippen LogP) is 5.09. The van der Waals surface area contributed by atoms with Crippen LogP contribution in [0, 0.1) is 24.3 Å². The molecule has 4 rings (SSSR count). The molecule has 1 aliphatic heterocycles. The maximum atomic E-state index is 13.3. The standard InChI is InChI=1S/C25H21IN2O5S/c1-12-5-6-13(2)17(11-12)20(29)18-19(15-7-9-16(26)10-8-15)28(23(31)21(18)30)25-27-14(3)22(34-25)24(32)33-4/h5-11,19,29H,1-4H3. The largest absolute Gasteiger partial charge is 0.507 e. The van der Waals surface area contributed by atoms with Gasteiger partial charge in [0, 0.05) is 9.13 Å². The van der Waals surface area contributed by atoms with Gasteiger partial charge in [-0.2, -0.15) is 0 Å². The van der Waals surface area contributed by atoms with Gasteiger partial charge in [-0.05, 0) is 72.7 Å².